The molecule has 0 saturated carbocycles. The number of sulfone groups is 1. The standard InChI is InChI=1S/C13H18O4S/c1-10-6-7-11(13(9-10)17-2)12(14)5-4-8-18(3,15)16/h6-7,9H,4-5,8H2,1-3H3. The van der Waals surface area contributed by atoms with Crippen molar-refractivity contribution in [3.05, 3.63) is 29.3 Å². The molecular formula is C13H18O4S. The molecule has 18 heavy (non-hydrogen) atoms. The molecule has 0 saturated heterocycles. The van der Waals surface area contributed by atoms with Gasteiger partial charge in [0, 0.05) is 12.7 Å². The third-order valence-corrected chi connectivity index (χ3v) is 3.61. The Morgan fingerprint density at radius 1 is 1.33 bits per heavy atom. The number of carbonyl (C=O) groups is 1. The molecule has 0 aliphatic carbocycles. The number of hydrogen-bond acceptors (Lipinski definition) is 4. The fraction of sp³-hybridized carbons (Fsp3) is 0.462. The molecule has 5 heteroatoms. The van der Waals surface area contributed by atoms with Crippen LogP contribution in [0.2, 0.25) is 0 Å². The van der Waals surface area contributed by atoms with Crippen molar-refractivity contribution in [2.24, 2.45) is 0 Å². The molecule has 0 fully saturated rings. The van der Waals surface area contributed by atoms with Gasteiger partial charge >= 0.3 is 0 Å². The Kier molecular flexibility index (Phi) is 4.90. The predicted octanol–water partition coefficient (Wildman–Crippen LogP) is 2.01. The summed E-state index contributed by atoms with van der Waals surface area (Å²) < 4.78 is 27.1. The Labute approximate surface area is 108 Å². The van der Waals surface area contributed by atoms with E-state index in [1.807, 2.05) is 13.0 Å². The van der Waals surface area contributed by atoms with Crippen LogP contribution in [0, 0.1) is 6.92 Å². The molecule has 0 aliphatic heterocycles. The Bertz CT molecular complexity index is 532. The lowest BCUT2D eigenvalue weighted by atomic mass is 10.0. The molecule has 0 aromatic heterocycles. The Hall–Kier alpha value is -1.36. The molecule has 1 aromatic rings. The highest BCUT2D eigenvalue weighted by Crippen LogP contribution is 2.21. The minimum absolute atomic E-state index is 0.0346. The van der Waals surface area contributed by atoms with Crippen LogP contribution >= 0.6 is 0 Å². The summed E-state index contributed by atoms with van der Waals surface area (Å²) in [6, 6.07) is 5.35. The maximum Gasteiger partial charge on any atom is 0.166 e. The SMILES string of the molecule is COc1cc(C)ccc1C(=O)CCCS(C)(=O)=O. The van der Waals surface area contributed by atoms with Crippen LogP contribution in [0.3, 0.4) is 0 Å². The first-order valence-corrected chi connectivity index (χ1v) is 7.75. The van der Waals surface area contributed by atoms with Gasteiger partial charge in [-0.15, -0.1) is 0 Å². The summed E-state index contributed by atoms with van der Waals surface area (Å²) in [5, 5.41) is 0. The summed E-state index contributed by atoms with van der Waals surface area (Å²) in [5.74, 6) is 0.488. The number of Topliss-reactive ketones (excluding diaryl/α,β-unsaturated/α-hetero) is 1. The quantitative estimate of drug-likeness (QED) is 0.742. The van der Waals surface area contributed by atoms with Crippen molar-refractivity contribution in [3.8, 4) is 5.75 Å². The monoisotopic (exact) mass is 270 g/mol. The number of benzene rings is 1. The van der Waals surface area contributed by atoms with Crippen molar-refractivity contribution in [2.75, 3.05) is 19.1 Å². The van der Waals surface area contributed by atoms with Crippen LogP contribution in [0.15, 0.2) is 18.2 Å². The molecule has 0 spiro atoms. The van der Waals surface area contributed by atoms with Crippen LogP contribution in [0.5, 0.6) is 5.75 Å². The number of aryl methyl sites for hydroxylation is 1. The van der Waals surface area contributed by atoms with Crippen LogP contribution in [0.4, 0.5) is 0 Å². The van der Waals surface area contributed by atoms with E-state index in [1.54, 1.807) is 12.1 Å². The zero-order valence-electron chi connectivity index (χ0n) is 10.9. The number of carbonyl (C=O) groups excluding carboxylic acids is 1. The van der Waals surface area contributed by atoms with E-state index in [-0.39, 0.29) is 18.0 Å². The first-order chi connectivity index (χ1) is 8.33. The minimum Gasteiger partial charge on any atom is -0.496 e. The maximum absolute atomic E-state index is 11.9. The van der Waals surface area contributed by atoms with Gasteiger partial charge in [-0.1, -0.05) is 6.07 Å². The number of ketones is 1. The second-order valence-electron chi connectivity index (χ2n) is 4.36. The molecule has 100 valence electrons. The van der Waals surface area contributed by atoms with Crippen LogP contribution < -0.4 is 4.74 Å². The number of methoxy groups -OCH3 is 1. The maximum atomic E-state index is 11.9. The Balaban J connectivity index is 2.73. The summed E-state index contributed by atoms with van der Waals surface area (Å²) in [4.78, 5) is 11.9. The smallest absolute Gasteiger partial charge is 0.166 e. The van der Waals surface area contributed by atoms with Gasteiger partial charge < -0.3 is 4.74 Å². The van der Waals surface area contributed by atoms with Gasteiger partial charge in [0.2, 0.25) is 0 Å². The fourth-order valence-corrected chi connectivity index (χ4v) is 2.33. The largest absolute Gasteiger partial charge is 0.496 e. The summed E-state index contributed by atoms with van der Waals surface area (Å²) in [6.45, 7) is 1.92. The van der Waals surface area contributed by atoms with E-state index >= 15 is 0 Å². The van der Waals surface area contributed by atoms with Gasteiger partial charge in [0.1, 0.15) is 15.6 Å². The van der Waals surface area contributed by atoms with E-state index in [0.717, 1.165) is 5.56 Å². The molecule has 0 atom stereocenters. The van der Waals surface area contributed by atoms with Crippen molar-refractivity contribution in [1.29, 1.82) is 0 Å². The van der Waals surface area contributed by atoms with Gasteiger partial charge in [-0.3, -0.25) is 4.79 Å². The number of ether oxygens (including phenoxy) is 1. The average molecular weight is 270 g/mol. The lowest BCUT2D eigenvalue weighted by Gasteiger charge is -2.08. The van der Waals surface area contributed by atoms with Crippen molar-refractivity contribution in [1.82, 2.24) is 0 Å². The van der Waals surface area contributed by atoms with E-state index in [2.05, 4.69) is 0 Å². The first kappa shape index (κ1) is 14.7. The van der Waals surface area contributed by atoms with Gasteiger partial charge in [0.05, 0.1) is 18.4 Å². The average Bonchev–Trinajstić information content (AvgIpc) is 2.26. The van der Waals surface area contributed by atoms with E-state index in [4.69, 9.17) is 4.74 Å². The zero-order valence-corrected chi connectivity index (χ0v) is 11.7. The van der Waals surface area contributed by atoms with Crippen LogP contribution in [0.25, 0.3) is 0 Å². The van der Waals surface area contributed by atoms with Crippen molar-refractivity contribution < 1.29 is 17.9 Å². The molecule has 1 aromatic carbocycles. The molecule has 0 amide bonds. The van der Waals surface area contributed by atoms with Crippen LogP contribution in [-0.2, 0) is 9.84 Å². The number of rotatable bonds is 6. The molecule has 0 bridgehead atoms. The molecule has 0 unspecified atom stereocenters. The molecule has 0 heterocycles. The van der Waals surface area contributed by atoms with Crippen molar-refractivity contribution >= 4 is 15.6 Å². The van der Waals surface area contributed by atoms with Gasteiger partial charge in [-0.25, -0.2) is 8.42 Å². The predicted molar refractivity (Wildman–Crippen MR) is 71.0 cm³/mol. The van der Waals surface area contributed by atoms with Crippen molar-refractivity contribution in [2.45, 2.75) is 19.8 Å². The molecule has 0 aliphatic rings. The number of hydrogen-bond donors (Lipinski definition) is 0. The van der Waals surface area contributed by atoms with Crippen LogP contribution in [0.1, 0.15) is 28.8 Å². The first-order valence-electron chi connectivity index (χ1n) is 5.69. The van der Waals surface area contributed by atoms with Gasteiger partial charge in [-0.2, -0.15) is 0 Å². The summed E-state index contributed by atoms with van der Waals surface area (Å²) in [6.07, 6.45) is 1.73. The second kappa shape index (κ2) is 6.00. The minimum atomic E-state index is -3.01. The van der Waals surface area contributed by atoms with Gasteiger partial charge in [-0.05, 0) is 31.0 Å². The van der Waals surface area contributed by atoms with Gasteiger partial charge in [0.15, 0.2) is 5.78 Å². The molecule has 4 nitrogen and oxygen atoms in total. The summed E-state index contributed by atoms with van der Waals surface area (Å²) in [5.41, 5.74) is 1.52. The molecule has 1 rings (SSSR count). The third-order valence-electron chi connectivity index (χ3n) is 2.58. The summed E-state index contributed by atoms with van der Waals surface area (Å²) >= 11 is 0. The third kappa shape index (κ3) is 4.49. The summed E-state index contributed by atoms with van der Waals surface area (Å²) in [7, 11) is -1.49. The second-order valence-corrected chi connectivity index (χ2v) is 6.62. The fourth-order valence-electron chi connectivity index (χ4n) is 1.66. The van der Waals surface area contributed by atoms with E-state index in [0.29, 0.717) is 17.7 Å². The molecular weight excluding hydrogens is 252 g/mol. The van der Waals surface area contributed by atoms with E-state index < -0.39 is 9.84 Å². The normalized spacial score (nSPS) is 11.3. The van der Waals surface area contributed by atoms with Gasteiger partial charge in [0.25, 0.3) is 0 Å². The highest BCUT2D eigenvalue weighted by Gasteiger charge is 2.13. The zero-order chi connectivity index (χ0) is 13.8. The lowest BCUT2D eigenvalue weighted by Crippen LogP contribution is -2.07. The highest BCUT2D eigenvalue weighted by molar-refractivity contribution is 7.90. The van der Waals surface area contributed by atoms with E-state index in [1.165, 1.54) is 13.4 Å². The Morgan fingerprint density at radius 2 is 2.00 bits per heavy atom. The molecule has 0 radical (unpaired) electrons. The topological polar surface area (TPSA) is 60.4 Å². The lowest BCUT2D eigenvalue weighted by molar-refractivity contribution is 0.0979. The Morgan fingerprint density at radius 3 is 2.56 bits per heavy atom. The molecule has 0 N–H and O–H groups in total. The van der Waals surface area contributed by atoms with Crippen molar-refractivity contribution in [3.63, 3.8) is 0 Å². The van der Waals surface area contributed by atoms with E-state index in [9.17, 15) is 13.2 Å². The van der Waals surface area contributed by atoms with Crippen LogP contribution in [-0.4, -0.2) is 33.3 Å². The highest BCUT2D eigenvalue weighted by atomic mass is 32.2.